The molecule has 26 heavy (non-hydrogen) atoms. The number of piperidine rings is 1. The van der Waals surface area contributed by atoms with E-state index in [4.69, 9.17) is 4.74 Å². The Morgan fingerprint density at radius 2 is 1.81 bits per heavy atom. The monoisotopic (exact) mass is 349 g/mol. The first kappa shape index (κ1) is 15.7. The maximum absolute atomic E-state index is 9.55. The predicted molar refractivity (Wildman–Crippen MR) is 101 cm³/mol. The van der Waals surface area contributed by atoms with E-state index in [0.717, 1.165) is 35.2 Å². The number of hydrogen-bond donors (Lipinski definition) is 1. The summed E-state index contributed by atoms with van der Waals surface area (Å²) in [5.74, 6) is 1.16. The molecule has 134 valence electrons. The molecule has 0 saturated carbocycles. The summed E-state index contributed by atoms with van der Waals surface area (Å²) >= 11 is 0. The number of nitrogens with zero attached hydrogens (tertiary/aromatic N) is 3. The van der Waals surface area contributed by atoms with Crippen LogP contribution < -0.4 is 4.74 Å². The van der Waals surface area contributed by atoms with E-state index in [1.165, 1.54) is 12.8 Å². The van der Waals surface area contributed by atoms with E-state index in [2.05, 4.69) is 29.2 Å². The summed E-state index contributed by atoms with van der Waals surface area (Å²) < 4.78 is 8.52. The molecule has 2 aliphatic heterocycles. The molecule has 0 aliphatic carbocycles. The van der Waals surface area contributed by atoms with E-state index >= 15 is 0 Å². The van der Waals surface area contributed by atoms with Crippen molar-refractivity contribution < 1.29 is 9.84 Å². The maximum atomic E-state index is 9.55. The van der Waals surface area contributed by atoms with Gasteiger partial charge < -0.3 is 19.1 Å². The Morgan fingerprint density at radius 3 is 2.54 bits per heavy atom. The fourth-order valence-electron chi connectivity index (χ4n) is 4.54. The standard InChI is InChI=1S/C21H23N3O2/c1-23-16-4-5-17(23)10-19(9-16)26-21-8-15(12-24-13-22-11-20(21)24)14-2-6-18(25)7-3-14/h2-3,6-8,11-13,16-17,19,25H,4-5,9-10H2,1H3/t16-,17+,19-. The van der Waals surface area contributed by atoms with Crippen molar-refractivity contribution in [2.24, 2.45) is 0 Å². The lowest BCUT2D eigenvalue weighted by Crippen LogP contribution is -2.43. The number of phenols is 1. The molecule has 4 heterocycles. The molecule has 5 nitrogen and oxygen atoms in total. The average molecular weight is 349 g/mol. The molecule has 5 rings (SSSR count). The van der Waals surface area contributed by atoms with Gasteiger partial charge in [0.25, 0.3) is 0 Å². The first-order valence-corrected chi connectivity index (χ1v) is 9.31. The number of pyridine rings is 1. The highest BCUT2D eigenvalue weighted by Gasteiger charge is 2.39. The zero-order chi connectivity index (χ0) is 17.7. The largest absolute Gasteiger partial charge is 0.508 e. The van der Waals surface area contributed by atoms with E-state index in [0.29, 0.717) is 12.1 Å². The summed E-state index contributed by atoms with van der Waals surface area (Å²) in [6.45, 7) is 0. The highest BCUT2D eigenvalue weighted by molar-refractivity contribution is 5.71. The summed E-state index contributed by atoms with van der Waals surface area (Å²) in [5, 5.41) is 9.55. The van der Waals surface area contributed by atoms with Gasteiger partial charge in [-0.1, -0.05) is 12.1 Å². The second kappa shape index (κ2) is 6.02. The van der Waals surface area contributed by atoms with E-state index in [1.807, 2.05) is 29.1 Å². The number of aromatic hydroxyl groups is 1. The Labute approximate surface area is 152 Å². The normalized spacial score (nSPS) is 25.7. The molecule has 2 aromatic heterocycles. The molecule has 3 atom stereocenters. The van der Waals surface area contributed by atoms with Gasteiger partial charge in [-0.25, -0.2) is 4.98 Å². The number of rotatable bonds is 3. The lowest BCUT2D eigenvalue weighted by atomic mass is 10.0. The van der Waals surface area contributed by atoms with Crippen molar-refractivity contribution in [3.05, 3.63) is 49.1 Å². The van der Waals surface area contributed by atoms with Crippen molar-refractivity contribution in [3.63, 3.8) is 0 Å². The van der Waals surface area contributed by atoms with Gasteiger partial charge in [-0.15, -0.1) is 0 Å². The van der Waals surface area contributed by atoms with Crippen molar-refractivity contribution in [3.8, 4) is 22.6 Å². The molecule has 2 saturated heterocycles. The minimum absolute atomic E-state index is 0.262. The Kier molecular flexibility index (Phi) is 3.64. The van der Waals surface area contributed by atoms with E-state index < -0.39 is 0 Å². The van der Waals surface area contributed by atoms with Gasteiger partial charge in [-0.05, 0) is 56.5 Å². The smallest absolute Gasteiger partial charge is 0.146 e. The number of benzene rings is 1. The van der Waals surface area contributed by atoms with Gasteiger partial charge in [0.2, 0.25) is 0 Å². The molecule has 2 aliphatic rings. The van der Waals surface area contributed by atoms with Crippen molar-refractivity contribution in [1.82, 2.24) is 14.3 Å². The molecule has 2 bridgehead atoms. The lowest BCUT2D eigenvalue weighted by molar-refractivity contribution is 0.0669. The first-order valence-electron chi connectivity index (χ1n) is 9.31. The summed E-state index contributed by atoms with van der Waals surface area (Å²) in [4.78, 5) is 6.82. The molecule has 3 aromatic rings. The van der Waals surface area contributed by atoms with Crippen LogP contribution in [0.15, 0.2) is 49.1 Å². The molecule has 2 fully saturated rings. The van der Waals surface area contributed by atoms with Crippen molar-refractivity contribution >= 4 is 5.52 Å². The zero-order valence-electron chi connectivity index (χ0n) is 14.9. The molecular weight excluding hydrogens is 326 g/mol. The highest BCUT2D eigenvalue weighted by atomic mass is 16.5. The van der Waals surface area contributed by atoms with Crippen molar-refractivity contribution in [2.75, 3.05) is 7.05 Å². The summed E-state index contributed by atoms with van der Waals surface area (Å²) in [5.41, 5.74) is 3.10. The number of hydrogen-bond acceptors (Lipinski definition) is 4. The second-order valence-corrected chi connectivity index (χ2v) is 7.59. The summed E-state index contributed by atoms with van der Waals surface area (Å²) in [7, 11) is 2.25. The van der Waals surface area contributed by atoms with Crippen LogP contribution in [0.25, 0.3) is 16.6 Å². The Balaban J connectivity index is 1.49. The van der Waals surface area contributed by atoms with E-state index in [9.17, 15) is 5.11 Å². The van der Waals surface area contributed by atoms with Crippen LogP contribution in [0.5, 0.6) is 11.5 Å². The SMILES string of the molecule is CN1[C@@H]2CC[C@H]1C[C@H](Oc1cc(-c3ccc(O)cc3)cn3cncc13)C2. The van der Waals surface area contributed by atoms with Crippen LogP contribution in [0.2, 0.25) is 0 Å². The van der Waals surface area contributed by atoms with Gasteiger partial charge in [0.1, 0.15) is 23.1 Å². The minimum Gasteiger partial charge on any atom is -0.508 e. The Hall–Kier alpha value is -2.53. The Morgan fingerprint density at radius 1 is 1.08 bits per heavy atom. The van der Waals surface area contributed by atoms with Crippen LogP contribution in [-0.4, -0.2) is 44.6 Å². The number of ether oxygens (including phenoxy) is 1. The topological polar surface area (TPSA) is 50.0 Å². The Bertz CT molecular complexity index is 920. The third-order valence-corrected chi connectivity index (χ3v) is 6.03. The third kappa shape index (κ3) is 2.63. The fraction of sp³-hybridized carbons (Fsp3) is 0.381. The molecule has 5 heteroatoms. The van der Waals surface area contributed by atoms with Crippen molar-refractivity contribution in [2.45, 2.75) is 43.9 Å². The van der Waals surface area contributed by atoms with Crippen molar-refractivity contribution in [1.29, 1.82) is 0 Å². The first-order chi connectivity index (χ1) is 12.7. The van der Waals surface area contributed by atoms with Crippen LogP contribution in [-0.2, 0) is 0 Å². The average Bonchev–Trinajstić information content (AvgIpc) is 3.17. The van der Waals surface area contributed by atoms with Gasteiger partial charge in [-0.2, -0.15) is 0 Å². The highest BCUT2D eigenvalue weighted by Crippen LogP contribution is 2.37. The van der Waals surface area contributed by atoms with Crippen LogP contribution in [0.4, 0.5) is 0 Å². The molecule has 0 amide bonds. The summed E-state index contributed by atoms with van der Waals surface area (Å²) in [6.07, 6.45) is 10.8. The maximum Gasteiger partial charge on any atom is 0.146 e. The van der Waals surface area contributed by atoms with E-state index in [1.54, 1.807) is 12.1 Å². The lowest BCUT2D eigenvalue weighted by Gasteiger charge is -2.36. The second-order valence-electron chi connectivity index (χ2n) is 7.59. The fourth-order valence-corrected chi connectivity index (χ4v) is 4.54. The molecular formula is C21H23N3O2. The third-order valence-electron chi connectivity index (χ3n) is 6.03. The van der Waals surface area contributed by atoms with Crippen LogP contribution in [0, 0.1) is 0 Å². The quantitative estimate of drug-likeness (QED) is 0.783. The van der Waals surface area contributed by atoms with E-state index in [-0.39, 0.29) is 11.9 Å². The van der Waals surface area contributed by atoms with Crippen LogP contribution >= 0.6 is 0 Å². The van der Waals surface area contributed by atoms with Gasteiger partial charge in [0.15, 0.2) is 0 Å². The zero-order valence-corrected chi connectivity index (χ0v) is 14.9. The molecule has 0 radical (unpaired) electrons. The van der Waals surface area contributed by atoms with Crippen LogP contribution in [0.3, 0.4) is 0 Å². The van der Waals surface area contributed by atoms with Gasteiger partial charge >= 0.3 is 0 Å². The van der Waals surface area contributed by atoms with Gasteiger partial charge in [-0.3, -0.25) is 0 Å². The number of imidazole rings is 1. The van der Waals surface area contributed by atoms with Gasteiger partial charge in [0, 0.05) is 23.8 Å². The van der Waals surface area contributed by atoms with Crippen LogP contribution in [0.1, 0.15) is 25.7 Å². The number of phenolic OH excluding ortho intramolecular Hbond substituents is 1. The molecule has 0 spiro atoms. The number of aromatic nitrogens is 2. The van der Waals surface area contributed by atoms with Gasteiger partial charge in [0.05, 0.1) is 12.5 Å². The summed E-state index contributed by atoms with van der Waals surface area (Å²) in [6, 6.07) is 10.7. The predicted octanol–water partition coefficient (Wildman–Crippen LogP) is 3.71. The molecule has 1 N–H and O–H groups in total. The number of fused-ring (bicyclic) bond motifs is 3. The minimum atomic E-state index is 0.262. The molecule has 1 aromatic carbocycles. The molecule has 0 unspecified atom stereocenters.